The minimum Gasteiger partial charge on any atom is -0.496 e. The van der Waals surface area contributed by atoms with E-state index in [1.54, 1.807) is 23.8 Å². The summed E-state index contributed by atoms with van der Waals surface area (Å²) in [4.78, 5) is 19.6. The van der Waals surface area contributed by atoms with Gasteiger partial charge in [0, 0.05) is 41.5 Å². The quantitative estimate of drug-likeness (QED) is 0.627. The Morgan fingerprint density at radius 1 is 1.00 bits per heavy atom. The first-order valence-corrected chi connectivity index (χ1v) is 11.4. The molecule has 3 aromatic carbocycles. The van der Waals surface area contributed by atoms with Gasteiger partial charge in [0.15, 0.2) is 0 Å². The largest absolute Gasteiger partial charge is 0.496 e. The van der Waals surface area contributed by atoms with Crippen LogP contribution in [-0.2, 0) is 13.0 Å². The van der Waals surface area contributed by atoms with Gasteiger partial charge in [-0.2, -0.15) is 0 Å². The molecule has 0 aliphatic carbocycles. The molecule has 0 radical (unpaired) electrons. The van der Waals surface area contributed by atoms with Crippen LogP contribution in [0.1, 0.15) is 11.1 Å². The number of fused-ring (bicyclic) bond motifs is 3. The van der Waals surface area contributed by atoms with E-state index in [0.717, 1.165) is 53.0 Å². The van der Waals surface area contributed by atoms with E-state index in [0.29, 0.717) is 6.54 Å². The zero-order valence-corrected chi connectivity index (χ0v) is 18.3. The number of anilines is 2. The molecule has 0 fully saturated rings. The molecule has 2 heterocycles. The summed E-state index contributed by atoms with van der Waals surface area (Å²) in [6.45, 7) is 3.23. The summed E-state index contributed by atoms with van der Waals surface area (Å²) in [5.41, 5.74) is 4.48. The normalized spacial score (nSPS) is 14.9. The van der Waals surface area contributed by atoms with Gasteiger partial charge in [-0.25, -0.2) is 4.79 Å². The summed E-state index contributed by atoms with van der Waals surface area (Å²) in [7, 11) is 1.72. The Balaban J connectivity index is 1.27. The van der Waals surface area contributed by atoms with Gasteiger partial charge in [0.05, 0.1) is 18.5 Å². The number of hydrogen-bond acceptors (Lipinski definition) is 4. The molecule has 0 saturated heterocycles. The molecule has 2 aliphatic heterocycles. The number of urea groups is 1. The molecule has 5 rings (SSSR count). The lowest BCUT2D eigenvalue weighted by Crippen LogP contribution is -2.43. The Kier molecular flexibility index (Phi) is 5.57. The van der Waals surface area contributed by atoms with Gasteiger partial charge in [0.1, 0.15) is 5.75 Å². The summed E-state index contributed by atoms with van der Waals surface area (Å²) in [6, 6.07) is 22.3. The lowest BCUT2D eigenvalue weighted by Gasteiger charge is -2.32. The maximum Gasteiger partial charge on any atom is 0.326 e. The summed E-state index contributed by atoms with van der Waals surface area (Å²) < 4.78 is 5.54. The van der Waals surface area contributed by atoms with Crippen molar-refractivity contribution < 1.29 is 9.53 Å². The molecule has 1 N–H and O–H groups in total. The van der Waals surface area contributed by atoms with E-state index in [4.69, 9.17) is 4.74 Å². The third-order valence-electron chi connectivity index (χ3n) is 5.87. The highest BCUT2D eigenvalue weighted by molar-refractivity contribution is 7.99. The smallest absolute Gasteiger partial charge is 0.326 e. The van der Waals surface area contributed by atoms with Crippen molar-refractivity contribution in [3.63, 3.8) is 0 Å². The molecule has 0 saturated carbocycles. The molecule has 6 heteroatoms. The Bertz CT molecular complexity index is 1060. The molecule has 31 heavy (non-hydrogen) atoms. The van der Waals surface area contributed by atoms with Gasteiger partial charge in [-0.05, 0) is 42.3 Å². The number of carbonyl (C=O) groups is 1. The SMILES string of the molecule is COc1cccc2c1CN(CCNC(=O)N1c3ccccc3Sc3ccccc31)CC2. The lowest BCUT2D eigenvalue weighted by atomic mass is 9.99. The van der Waals surface area contributed by atoms with Crippen LogP contribution < -0.4 is 15.0 Å². The molecular weight excluding hydrogens is 406 g/mol. The number of para-hydroxylation sites is 2. The number of ether oxygens (including phenoxy) is 1. The molecule has 3 aromatic rings. The maximum atomic E-state index is 13.2. The van der Waals surface area contributed by atoms with Gasteiger partial charge in [-0.15, -0.1) is 0 Å². The number of benzene rings is 3. The highest BCUT2D eigenvalue weighted by Gasteiger charge is 2.28. The molecule has 0 bridgehead atoms. The third kappa shape index (κ3) is 3.89. The topological polar surface area (TPSA) is 44.8 Å². The van der Waals surface area contributed by atoms with E-state index in [2.05, 4.69) is 34.5 Å². The highest BCUT2D eigenvalue weighted by atomic mass is 32.2. The van der Waals surface area contributed by atoms with E-state index < -0.39 is 0 Å². The van der Waals surface area contributed by atoms with Crippen molar-refractivity contribution in [1.82, 2.24) is 10.2 Å². The highest BCUT2D eigenvalue weighted by Crippen LogP contribution is 2.47. The zero-order valence-electron chi connectivity index (χ0n) is 17.5. The Hall–Kier alpha value is -2.96. The molecule has 0 unspecified atom stereocenters. The maximum absolute atomic E-state index is 13.2. The lowest BCUT2D eigenvalue weighted by molar-refractivity contribution is 0.234. The second-order valence-electron chi connectivity index (χ2n) is 7.73. The van der Waals surface area contributed by atoms with Gasteiger partial charge in [-0.1, -0.05) is 48.2 Å². The molecule has 0 aromatic heterocycles. The van der Waals surface area contributed by atoms with Crippen LogP contribution in [0, 0.1) is 0 Å². The van der Waals surface area contributed by atoms with Crippen LogP contribution in [-0.4, -0.2) is 37.7 Å². The first-order valence-electron chi connectivity index (χ1n) is 10.6. The van der Waals surface area contributed by atoms with E-state index in [-0.39, 0.29) is 6.03 Å². The van der Waals surface area contributed by atoms with Crippen LogP contribution in [0.15, 0.2) is 76.5 Å². The van der Waals surface area contributed by atoms with Gasteiger partial charge >= 0.3 is 6.03 Å². The molecule has 2 aliphatic rings. The second-order valence-corrected chi connectivity index (χ2v) is 8.81. The van der Waals surface area contributed by atoms with Crippen molar-refractivity contribution in [2.45, 2.75) is 22.8 Å². The van der Waals surface area contributed by atoms with Crippen LogP contribution in [0.5, 0.6) is 5.75 Å². The average Bonchev–Trinajstić information content (AvgIpc) is 2.82. The van der Waals surface area contributed by atoms with Gasteiger partial charge in [0.25, 0.3) is 0 Å². The minimum absolute atomic E-state index is 0.0878. The number of nitrogens with zero attached hydrogens (tertiary/aromatic N) is 2. The van der Waals surface area contributed by atoms with Crippen molar-refractivity contribution in [3.8, 4) is 5.75 Å². The fraction of sp³-hybridized carbons (Fsp3) is 0.240. The molecule has 2 amide bonds. The van der Waals surface area contributed by atoms with Gasteiger partial charge in [-0.3, -0.25) is 9.80 Å². The van der Waals surface area contributed by atoms with Crippen molar-refractivity contribution >= 4 is 29.2 Å². The number of carbonyl (C=O) groups excluding carboxylic acids is 1. The van der Waals surface area contributed by atoms with E-state index >= 15 is 0 Å². The van der Waals surface area contributed by atoms with Crippen LogP contribution in [0.25, 0.3) is 0 Å². The Labute approximate surface area is 187 Å². The van der Waals surface area contributed by atoms with Crippen molar-refractivity contribution in [2.75, 3.05) is 31.6 Å². The predicted octanol–water partition coefficient (Wildman–Crippen LogP) is 5.07. The van der Waals surface area contributed by atoms with Crippen molar-refractivity contribution in [1.29, 1.82) is 0 Å². The average molecular weight is 432 g/mol. The number of hydrogen-bond donors (Lipinski definition) is 1. The van der Waals surface area contributed by atoms with Crippen LogP contribution >= 0.6 is 11.8 Å². The van der Waals surface area contributed by atoms with Gasteiger partial charge < -0.3 is 10.1 Å². The first kappa shape index (κ1) is 20.0. The summed E-state index contributed by atoms with van der Waals surface area (Å²) in [5.74, 6) is 0.949. The molecule has 0 atom stereocenters. The predicted molar refractivity (Wildman–Crippen MR) is 125 cm³/mol. The van der Waals surface area contributed by atoms with Crippen LogP contribution in [0.2, 0.25) is 0 Å². The standard InChI is InChI=1S/C25H25N3O2S/c1-30-22-10-6-7-18-13-15-27(17-19(18)22)16-14-26-25(29)28-20-8-2-4-11-23(20)31-24-12-5-3-9-21(24)28/h2-12H,13-17H2,1H3,(H,26,29). The van der Waals surface area contributed by atoms with E-state index in [1.807, 2.05) is 42.5 Å². The Morgan fingerprint density at radius 2 is 1.71 bits per heavy atom. The van der Waals surface area contributed by atoms with Gasteiger partial charge in [0.2, 0.25) is 0 Å². The molecule has 0 spiro atoms. The number of nitrogens with one attached hydrogen (secondary N) is 1. The van der Waals surface area contributed by atoms with E-state index in [9.17, 15) is 4.79 Å². The fourth-order valence-corrected chi connectivity index (χ4v) is 5.37. The molecule has 5 nitrogen and oxygen atoms in total. The van der Waals surface area contributed by atoms with Crippen LogP contribution in [0.4, 0.5) is 16.2 Å². The number of rotatable bonds is 4. The van der Waals surface area contributed by atoms with Crippen LogP contribution in [0.3, 0.4) is 0 Å². The summed E-state index contributed by atoms with van der Waals surface area (Å²) in [5, 5.41) is 3.14. The first-order chi connectivity index (χ1) is 15.2. The van der Waals surface area contributed by atoms with Crippen molar-refractivity contribution in [3.05, 3.63) is 77.9 Å². The molecular formula is C25H25N3O2S. The van der Waals surface area contributed by atoms with Crippen molar-refractivity contribution in [2.24, 2.45) is 0 Å². The fourth-order valence-electron chi connectivity index (χ4n) is 4.31. The zero-order chi connectivity index (χ0) is 21.2. The number of methoxy groups -OCH3 is 1. The third-order valence-corrected chi connectivity index (χ3v) is 7.00. The minimum atomic E-state index is -0.0878. The second kappa shape index (κ2) is 8.65. The summed E-state index contributed by atoms with van der Waals surface area (Å²) in [6.07, 6.45) is 1.00. The molecule has 158 valence electrons. The number of amides is 2. The summed E-state index contributed by atoms with van der Waals surface area (Å²) >= 11 is 1.71. The monoisotopic (exact) mass is 431 g/mol. The Morgan fingerprint density at radius 3 is 2.42 bits per heavy atom. The van der Waals surface area contributed by atoms with E-state index in [1.165, 1.54) is 11.1 Å².